The summed E-state index contributed by atoms with van der Waals surface area (Å²) < 4.78 is 6.95. The standard InChI is InChI=1S/C17H26N4O3/c1-2-24-17(23)15-10-6-7-11-20(15)16(22)14-12-21(19-18-14)13-8-4-3-5-9-13/h12-13,15H,2-11H2,1H3. The number of nitrogens with zero attached hydrogens (tertiary/aromatic N) is 4. The number of carbonyl (C=O) groups is 2. The molecule has 1 saturated carbocycles. The van der Waals surface area contributed by atoms with Crippen LogP contribution in [0.1, 0.15) is 74.8 Å². The first kappa shape index (κ1) is 16.9. The average molecular weight is 334 g/mol. The summed E-state index contributed by atoms with van der Waals surface area (Å²) in [7, 11) is 0. The van der Waals surface area contributed by atoms with Gasteiger partial charge < -0.3 is 9.64 Å². The van der Waals surface area contributed by atoms with Crippen molar-refractivity contribution in [2.45, 2.75) is 70.4 Å². The van der Waals surface area contributed by atoms with E-state index in [0.29, 0.717) is 31.3 Å². The molecular weight excluding hydrogens is 308 g/mol. The van der Waals surface area contributed by atoms with Gasteiger partial charge in [-0.25, -0.2) is 9.48 Å². The number of piperidine rings is 1. The number of hydrogen-bond donors (Lipinski definition) is 0. The number of rotatable bonds is 4. The second-order valence-electron chi connectivity index (χ2n) is 6.64. The van der Waals surface area contributed by atoms with Crippen LogP contribution in [-0.4, -0.2) is 51.0 Å². The summed E-state index contributed by atoms with van der Waals surface area (Å²) >= 11 is 0. The lowest BCUT2D eigenvalue weighted by Gasteiger charge is -2.33. The van der Waals surface area contributed by atoms with Crippen LogP contribution in [0.2, 0.25) is 0 Å². The van der Waals surface area contributed by atoms with E-state index in [2.05, 4.69) is 10.3 Å². The molecule has 0 bridgehead atoms. The number of ether oxygens (including phenoxy) is 1. The third-order valence-electron chi connectivity index (χ3n) is 5.00. The van der Waals surface area contributed by atoms with E-state index in [0.717, 1.165) is 25.7 Å². The number of likely N-dealkylation sites (tertiary alicyclic amines) is 1. The summed E-state index contributed by atoms with van der Waals surface area (Å²) in [6.45, 7) is 2.68. The van der Waals surface area contributed by atoms with Crippen LogP contribution >= 0.6 is 0 Å². The minimum atomic E-state index is -0.494. The minimum Gasteiger partial charge on any atom is -0.464 e. The molecule has 2 fully saturated rings. The Bertz CT molecular complexity index is 580. The Labute approximate surface area is 142 Å². The SMILES string of the molecule is CCOC(=O)C1CCCCN1C(=O)c1cn(C2CCCCC2)nn1. The number of amides is 1. The van der Waals surface area contributed by atoms with Gasteiger partial charge in [0.1, 0.15) is 6.04 Å². The molecule has 7 nitrogen and oxygen atoms in total. The van der Waals surface area contributed by atoms with Gasteiger partial charge >= 0.3 is 5.97 Å². The quantitative estimate of drug-likeness (QED) is 0.790. The maximum absolute atomic E-state index is 12.8. The fourth-order valence-electron chi connectivity index (χ4n) is 3.70. The van der Waals surface area contributed by atoms with Crippen molar-refractivity contribution < 1.29 is 14.3 Å². The van der Waals surface area contributed by atoms with E-state index in [-0.39, 0.29) is 11.9 Å². The normalized spacial score (nSPS) is 22.4. The van der Waals surface area contributed by atoms with Crippen molar-refractivity contribution in [1.29, 1.82) is 0 Å². The van der Waals surface area contributed by atoms with Crippen LogP contribution in [-0.2, 0) is 9.53 Å². The highest BCUT2D eigenvalue weighted by Gasteiger charge is 2.35. The molecule has 1 aromatic rings. The highest BCUT2D eigenvalue weighted by atomic mass is 16.5. The molecule has 0 aromatic carbocycles. The molecule has 3 rings (SSSR count). The molecule has 132 valence electrons. The first-order valence-corrected chi connectivity index (χ1v) is 9.10. The predicted molar refractivity (Wildman–Crippen MR) is 87.5 cm³/mol. The van der Waals surface area contributed by atoms with Crippen LogP contribution in [0.25, 0.3) is 0 Å². The van der Waals surface area contributed by atoms with Crippen molar-refractivity contribution >= 4 is 11.9 Å². The lowest BCUT2D eigenvalue weighted by Crippen LogP contribution is -2.48. The molecule has 2 aliphatic rings. The van der Waals surface area contributed by atoms with E-state index in [1.807, 2.05) is 4.68 Å². The maximum Gasteiger partial charge on any atom is 0.328 e. The zero-order chi connectivity index (χ0) is 16.9. The largest absolute Gasteiger partial charge is 0.464 e. The van der Waals surface area contributed by atoms with Crippen molar-refractivity contribution in [2.24, 2.45) is 0 Å². The number of esters is 1. The number of hydrogen-bond acceptors (Lipinski definition) is 5. The van der Waals surface area contributed by atoms with Gasteiger partial charge in [0.05, 0.1) is 18.8 Å². The summed E-state index contributed by atoms with van der Waals surface area (Å²) in [5.41, 5.74) is 0.330. The Hall–Kier alpha value is -1.92. The Morgan fingerprint density at radius 1 is 1.17 bits per heavy atom. The third-order valence-corrected chi connectivity index (χ3v) is 5.00. The molecule has 1 saturated heterocycles. The van der Waals surface area contributed by atoms with Crippen LogP contribution in [0.3, 0.4) is 0 Å². The van der Waals surface area contributed by atoms with E-state index in [1.165, 1.54) is 19.3 Å². The van der Waals surface area contributed by atoms with E-state index in [4.69, 9.17) is 4.74 Å². The average Bonchev–Trinajstić information content (AvgIpc) is 3.12. The Morgan fingerprint density at radius 3 is 2.67 bits per heavy atom. The second-order valence-corrected chi connectivity index (χ2v) is 6.64. The van der Waals surface area contributed by atoms with Gasteiger partial charge in [0.2, 0.25) is 0 Å². The fourth-order valence-corrected chi connectivity index (χ4v) is 3.70. The van der Waals surface area contributed by atoms with Crippen LogP contribution in [0, 0.1) is 0 Å². The van der Waals surface area contributed by atoms with Crippen molar-refractivity contribution in [2.75, 3.05) is 13.2 Å². The highest BCUT2D eigenvalue weighted by molar-refractivity contribution is 5.95. The van der Waals surface area contributed by atoms with Crippen molar-refractivity contribution in [3.63, 3.8) is 0 Å². The molecule has 1 unspecified atom stereocenters. The molecule has 24 heavy (non-hydrogen) atoms. The van der Waals surface area contributed by atoms with Crippen molar-refractivity contribution in [1.82, 2.24) is 19.9 Å². The topological polar surface area (TPSA) is 77.3 Å². The smallest absolute Gasteiger partial charge is 0.328 e. The summed E-state index contributed by atoms with van der Waals surface area (Å²) in [6, 6.07) is -0.152. The van der Waals surface area contributed by atoms with E-state index < -0.39 is 6.04 Å². The molecule has 0 N–H and O–H groups in total. The predicted octanol–water partition coefficient (Wildman–Crippen LogP) is 2.34. The zero-order valence-electron chi connectivity index (χ0n) is 14.3. The van der Waals surface area contributed by atoms with Gasteiger partial charge in [0.15, 0.2) is 5.69 Å². The molecular formula is C17H26N4O3. The summed E-state index contributed by atoms with van der Waals surface area (Å²) in [4.78, 5) is 26.6. The minimum absolute atomic E-state index is 0.213. The monoisotopic (exact) mass is 334 g/mol. The van der Waals surface area contributed by atoms with Gasteiger partial charge in [-0.15, -0.1) is 5.10 Å². The van der Waals surface area contributed by atoms with Crippen LogP contribution in [0.4, 0.5) is 0 Å². The first-order valence-electron chi connectivity index (χ1n) is 9.10. The molecule has 0 radical (unpaired) electrons. The number of aromatic nitrogens is 3. The molecule has 1 amide bonds. The fraction of sp³-hybridized carbons (Fsp3) is 0.765. The van der Waals surface area contributed by atoms with Gasteiger partial charge in [-0.2, -0.15) is 0 Å². The summed E-state index contributed by atoms with van der Waals surface area (Å²) in [6.07, 6.45) is 10.1. The maximum atomic E-state index is 12.8. The lowest BCUT2D eigenvalue weighted by molar-refractivity contribution is -0.149. The zero-order valence-corrected chi connectivity index (χ0v) is 14.3. The van der Waals surface area contributed by atoms with Crippen LogP contribution in [0.15, 0.2) is 6.20 Å². The van der Waals surface area contributed by atoms with E-state index >= 15 is 0 Å². The Morgan fingerprint density at radius 2 is 1.92 bits per heavy atom. The molecule has 1 aromatic heterocycles. The highest BCUT2D eigenvalue weighted by Crippen LogP contribution is 2.27. The van der Waals surface area contributed by atoms with E-state index in [9.17, 15) is 9.59 Å². The summed E-state index contributed by atoms with van der Waals surface area (Å²) in [5, 5.41) is 8.24. The Kier molecular flexibility index (Phi) is 5.48. The van der Waals surface area contributed by atoms with Crippen molar-refractivity contribution in [3.8, 4) is 0 Å². The third kappa shape index (κ3) is 3.60. The summed E-state index contributed by atoms with van der Waals surface area (Å²) in [5.74, 6) is -0.528. The van der Waals surface area contributed by atoms with Crippen LogP contribution < -0.4 is 0 Å². The lowest BCUT2D eigenvalue weighted by atomic mass is 9.96. The molecule has 7 heteroatoms. The van der Waals surface area contributed by atoms with E-state index in [1.54, 1.807) is 18.0 Å². The Balaban J connectivity index is 1.72. The van der Waals surface area contributed by atoms with Gasteiger partial charge in [0, 0.05) is 6.54 Å². The molecule has 1 aliphatic carbocycles. The molecule has 0 spiro atoms. The van der Waals surface area contributed by atoms with Gasteiger partial charge in [-0.3, -0.25) is 4.79 Å². The second kappa shape index (κ2) is 7.77. The first-order chi connectivity index (χ1) is 11.7. The molecule has 2 heterocycles. The molecule has 1 aliphatic heterocycles. The van der Waals surface area contributed by atoms with Gasteiger partial charge in [-0.1, -0.05) is 24.5 Å². The molecule has 1 atom stereocenters. The van der Waals surface area contributed by atoms with Crippen molar-refractivity contribution in [3.05, 3.63) is 11.9 Å². The number of carbonyl (C=O) groups excluding carboxylic acids is 2. The van der Waals surface area contributed by atoms with Gasteiger partial charge in [-0.05, 0) is 39.0 Å². The van der Waals surface area contributed by atoms with Gasteiger partial charge in [0.25, 0.3) is 5.91 Å². The van der Waals surface area contributed by atoms with Crippen LogP contribution in [0.5, 0.6) is 0 Å².